The highest BCUT2D eigenvalue weighted by Crippen LogP contribution is 2.30. The topological polar surface area (TPSA) is 58.6 Å². The number of methoxy groups -OCH3 is 1. The Kier molecular flexibility index (Phi) is 4.46. The summed E-state index contributed by atoms with van der Waals surface area (Å²) in [6, 6.07) is 10.5. The van der Waals surface area contributed by atoms with Crippen LogP contribution in [0.4, 0.5) is 11.5 Å². The average Bonchev–Trinajstić information content (AvgIpc) is 3.15. The van der Waals surface area contributed by atoms with Crippen LogP contribution in [-0.2, 0) is 4.74 Å². The fourth-order valence-corrected chi connectivity index (χ4v) is 4.09. The smallest absolute Gasteiger partial charge is 0.376 e. The van der Waals surface area contributed by atoms with Crippen LogP contribution < -0.4 is 9.80 Å². The number of fused-ring (bicyclic) bond motifs is 1. The first-order chi connectivity index (χ1) is 12.7. The van der Waals surface area contributed by atoms with Crippen LogP contribution in [0.5, 0.6) is 0 Å². The number of hydrogen-bond donors (Lipinski definition) is 0. The van der Waals surface area contributed by atoms with E-state index in [2.05, 4.69) is 51.0 Å². The number of hydrogen-bond acceptors (Lipinski definition) is 7. The summed E-state index contributed by atoms with van der Waals surface area (Å²) in [5.41, 5.74) is 3.31. The predicted octanol–water partition coefficient (Wildman–Crippen LogP) is 3.11. The molecule has 1 aliphatic rings. The highest BCUT2D eigenvalue weighted by atomic mass is 32.1. The second-order valence-corrected chi connectivity index (χ2v) is 7.23. The molecule has 0 N–H and O–H groups in total. The quantitative estimate of drug-likeness (QED) is 0.662. The molecule has 1 aliphatic heterocycles. The number of anilines is 2. The van der Waals surface area contributed by atoms with Gasteiger partial charge in [0.25, 0.3) is 0 Å². The molecule has 2 aromatic heterocycles. The number of carbonyl (C=O) groups excluding carboxylic acids is 1. The molecule has 1 saturated heterocycles. The molecule has 3 heterocycles. The normalized spacial score (nSPS) is 14.7. The second-order valence-electron chi connectivity index (χ2n) is 6.31. The van der Waals surface area contributed by atoms with Crippen molar-refractivity contribution >= 4 is 39.0 Å². The third-order valence-electron chi connectivity index (χ3n) is 4.60. The molecular formula is C19H20N4O2S. The minimum Gasteiger partial charge on any atom is -0.463 e. The van der Waals surface area contributed by atoms with Crippen molar-refractivity contribution in [2.24, 2.45) is 0 Å². The number of nitrogens with zero attached hydrogens (tertiary/aromatic N) is 4. The maximum absolute atomic E-state index is 11.9. The van der Waals surface area contributed by atoms with Gasteiger partial charge in [0.15, 0.2) is 5.82 Å². The molecule has 0 bridgehead atoms. The van der Waals surface area contributed by atoms with E-state index in [1.165, 1.54) is 18.4 Å². The number of ether oxygens (including phenoxy) is 1. The minimum atomic E-state index is -0.502. The summed E-state index contributed by atoms with van der Waals surface area (Å²) in [4.78, 5) is 25.4. The summed E-state index contributed by atoms with van der Waals surface area (Å²) >= 11 is 1.60. The lowest BCUT2D eigenvalue weighted by molar-refractivity contribution is 0.0587. The third kappa shape index (κ3) is 3.10. The van der Waals surface area contributed by atoms with E-state index in [1.807, 2.05) is 11.4 Å². The lowest BCUT2D eigenvalue weighted by Gasteiger charge is -2.37. The molecule has 0 amide bonds. The molecule has 3 aromatic rings. The summed E-state index contributed by atoms with van der Waals surface area (Å²) in [6.07, 6.45) is 0. The monoisotopic (exact) mass is 368 g/mol. The van der Waals surface area contributed by atoms with Gasteiger partial charge in [0.2, 0.25) is 5.82 Å². The summed E-state index contributed by atoms with van der Waals surface area (Å²) < 4.78 is 5.82. The molecule has 26 heavy (non-hydrogen) atoms. The van der Waals surface area contributed by atoms with Crippen molar-refractivity contribution in [3.63, 3.8) is 0 Å². The van der Waals surface area contributed by atoms with Crippen molar-refractivity contribution in [1.82, 2.24) is 9.97 Å². The van der Waals surface area contributed by atoms with Gasteiger partial charge >= 0.3 is 5.97 Å². The lowest BCUT2D eigenvalue weighted by atomic mass is 10.2. The van der Waals surface area contributed by atoms with Gasteiger partial charge in [-0.2, -0.15) is 0 Å². The number of benzene rings is 1. The molecule has 0 spiro atoms. The summed E-state index contributed by atoms with van der Waals surface area (Å²) in [7, 11) is 1.35. The van der Waals surface area contributed by atoms with Crippen LogP contribution >= 0.6 is 11.3 Å². The summed E-state index contributed by atoms with van der Waals surface area (Å²) in [5.74, 6) is 0.446. The van der Waals surface area contributed by atoms with Crippen LogP contribution in [0.2, 0.25) is 0 Å². The van der Waals surface area contributed by atoms with Gasteiger partial charge in [0, 0.05) is 31.9 Å². The van der Waals surface area contributed by atoms with Crippen LogP contribution in [-0.4, -0.2) is 49.2 Å². The molecule has 0 saturated carbocycles. The van der Waals surface area contributed by atoms with Crippen LogP contribution in [0.25, 0.3) is 10.2 Å². The zero-order valence-corrected chi connectivity index (χ0v) is 15.6. The molecule has 0 aliphatic carbocycles. The van der Waals surface area contributed by atoms with E-state index in [4.69, 9.17) is 4.74 Å². The molecular weight excluding hydrogens is 348 g/mol. The van der Waals surface area contributed by atoms with Crippen LogP contribution in [0.3, 0.4) is 0 Å². The fraction of sp³-hybridized carbons (Fsp3) is 0.316. The zero-order valence-electron chi connectivity index (χ0n) is 14.8. The first-order valence-electron chi connectivity index (χ1n) is 8.56. The van der Waals surface area contributed by atoms with Gasteiger partial charge in [0.05, 0.1) is 17.3 Å². The molecule has 7 heteroatoms. The molecule has 0 atom stereocenters. The summed E-state index contributed by atoms with van der Waals surface area (Å²) in [5, 5.41) is 1.98. The van der Waals surface area contributed by atoms with Gasteiger partial charge in [0.1, 0.15) is 0 Å². The third-order valence-corrected chi connectivity index (χ3v) is 5.50. The standard InChI is InChI=1S/C19H20N4O2S/c1-13-4-3-5-14(12-13)22-7-9-23(10-8-22)18-16-15(6-11-26-16)20-17(21-18)19(24)25-2/h3-6,11-12H,7-10H2,1-2H3. The van der Waals surface area contributed by atoms with E-state index < -0.39 is 5.97 Å². The van der Waals surface area contributed by atoms with Gasteiger partial charge in [-0.05, 0) is 36.1 Å². The molecule has 1 fully saturated rings. The highest BCUT2D eigenvalue weighted by Gasteiger charge is 2.23. The predicted molar refractivity (Wildman–Crippen MR) is 104 cm³/mol. The molecule has 134 valence electrons. The van der Waals surface area contributed by atoms with E-state index in [-0.39, 0.29) is 5.82 Å². The van der Waals surface area contributed by atoms with Gasteiger partial charge in [-0.25, -0.2) is 14.8 Å². The van der Waals surface area contributed by atoms with Crippen molar-refractivity contribution in [1.29, 1.82) is 0 Å². The zero-order chi connectivity index (χ0) is 18.1. The van der Waals surface area contributed by atoms with E-state index in [0.29, 0.717) is 0 Å². The number of carbonyl (C=O) groups is 1. The number of aromatic nitrogens is 2. The highest BCUT2D eigenvalue weighted by molar-refractivity contribution is 7.17. The number of piperazine rings is 1. The average molecular weight is 368 g/mol. The molecule has 0 radical (unpaired) electrons. The molecule has 6 nitrogen and oxygen atoms in total. The van der Waals surface area contributed by atoms with E-state index in [0.717, 1.165) is 42.2 Å². The Bertz CT molecular complexity index is 948. The number of aryl methyl sites for hydroxylation is 1. The van der Waals surface area contributed by atoms with Crippen LogP contribution in [0, 0.1) is 6.92 Å². The van der Waals surface area contributed by atoms with Gasteiger partial charge < -0.3 is 14.5 Å². The number of thiophene rings is 1. The Morgan fingerprint density at radius 1 is 1.12 bits per heavy atom. The molecule has 0 unspecified atom stereocenters. The van der Waals surface area contributed by atoms with E-state index >= 15 is 0 Å². The van der Waals surface area contributed by atoms with Crippen molar-refractivity contribution in [3.8, 4) is 0 Å². The van der Waals surface area contributed by atoms with Gasteiger partial charge in [-0.15, -0.1) is 11.3 Å². The Labute approximate surface area is 156 Å². The SMILES string of the molecule is COC(=O)c1nc(N2CCN(c3cccc(C)c3)CC2)c2sccc2n1. The van der Waals surface area contributed by atoms with Crippen molar-refractivity contribution in [2.75, 3.05) is 43.1 Å². The molecule has 1 aromatic carbocycles. The Morgan fingerprint density at radius 2 is 1.88 bits per heavy atom. The van der Waals surface area contributed by atoms with Gasteiger partial charge in [-0.3, -0.25) is 0 Å². The van der Waals surface area contributed by atoms with Crippen molar-refractivity contribution in [3.05, 3.63) is 47.1 Å². The van der Waals surface area contributed by atoms with E-state index in [1.54, 1.807) is 11.3 Å². The van der Waals surface area contributed by atoms with E-state index in [9.17, 15) is 4.79 Å². The largest absolute Gasteiger partial charge is 0.463 e. The minimum absolute atomic E-state index is 0.120. The number of rotatable bonds is 3. The molecule has 4 rings (SSSR count). The first-order valence-corrected chi connectivity index (χ1v) is 9.44. The second kappa shape index (κ2) is 6.92. The number of esters is 1. The fourth-order valence-electron chi connectivity index (χ4n) is 3.25. The first kappa shape index (κ1) is 16.8. The lowest BCUT2D eigenvalue weighted by Crippen LogP contribution is -2.47. The van der Waals surface area contributed by atoms with Crippen molar-refractivity contribution in [2.45, 2.75) is 6.92 Å². The summed E-state index contributed by atoms with van der Waals surface area (Å²) in [6.45, 7) is 5.63. The maximum atomic E-state index is 11.9. The van der Waals surface area contributed by atoms with Crippen molar-refractivity contribution < 1.29 is 9.53 Å². The Balaban J connectivity index is 1.59. The maximum Gasteiger partial charge on any atom is 0.376 e. The Hall–Kier alpha value is -2.67. The van der Waals surface area contributed by atoms with Gasteiger partial charge in [-0.1, -0.05) is 12.1 Å². The van der Waals surface area contributed by atoms with Crippen LogP contribution in [0.15, 0.2) is 35.7 Å². The Morgan fingerprint density at radius 3 is 2.62 bits per heavy atom. The van der Waals surface area contributed by atoms with Crippen LogP contribution in [0.1, 0.15) is 16.2 Å².